The Hall–Kier alpha value is -4.08. The quantitative estimate of drug-likeness (QED) is 0.395. The minimum atomic E-state index is -0.200. The first-order chi connectivity index (χ1) is 17.7. The van der Waals surface area contributed by atoms with E-state index in [0.717, 1.165) is 54.0 Å². The molecule has 192 valence electrons. The number of amides is 1. The molecule has 0 unspecified atom stereocenters. The second kappa shape index (κ2) is 9.76. The minimum Gasteiger partial charge on any atom is -0.343 e. The Bertz CT molecular complexity index is 1430. The molecule has 1 amide bonds. The molecule has 3 heterocycles. The van der Waals surface area contributed by atoms with Gasteiger partial charge in [0.25, 0.3) is 5.91 Å². The summed E-state index contributed by atoms with van der Waals surface area (Å²) in [7, 11) is 3.71. The highest BCUT2D eigenvalue weighted by atomic mass is 16.2. The van der Waals surface area contributed by atoms with E-state index in [-0.39, 0.29) is 17.4 Å². The smallest absolute Gasteiger partial charge is 0.289 e. The Kier molecular flexibility index (Phi) is 6.49. The molecule has 1 aliphatic carbocycles. The molecule has 5 rings (SSSR count). The molecule has 37 heavy (non-hydrogen) atoms. The summed E-state index contributed by atoms with van der Waals surface area (Å²) in [6, 6.07) is 8.21. The van der Waals surface area contributed by atoms with Gasteiger partial charge in [0, 0.05) is 37.5 Å². The fourth-order valence-corrected chi connectivity index (χ4v) is 4.89. The lowest BCUT2D eigenvalue weighted by Gasteiger charge is -2.20. The van der Waals surface area contributed by atoms with E-state index >= 15 is 0 Å². The molecule has 2 N–H and O–H groups in total. The van der Waals surface area contributed by atoms with Crippen LogP contribution in [0.3, 0.4) is 0 Å². The zero-order chi connectivity index (χ0) is 26.2. The monoisotopic (exact) mass is 499 g/mol. The van der Waals surface area contributed by atoms with Crippen molar-refractivity contribution in [3.63, 3.8) is 0 Å². The molecule has 0 radical (unpaired) electrons. The summed E-state index contributed by atoms with van der Waals surface area (Å²) in [5, 5.41) is 19.1. The molecule has 0 bridgehead atoms. The maximum Gasteiger partial charge on any atom is 0.289 e. The van der Waals surface area contributed by atoms with Crippen molar-refractivity contribution in [2.24, 2.45) is 14.1 Å². The molecule has 0 saturated carbocycles. The number of hydrogen-bond acceptors (Lipinski definition) is 7. The number of benzene rings is 1. The fourth-order valence-electron chi connectivity index (χ4n) is 4.89. The molecule has 0 aliphatic heterocycles. The molecular weight excluding hydrogens is 466 g/mol. The van der Waals surface area contributed by atoms with Crippen molar-refractivity contribution < 1.29 is 4.79 Å². The average molecular weight is 500 g/mol. The van der Waals surface area contributed by atoms with E-state index in [9.17, 15) is 4.79 Å². The van der Waals surface area contributed by atoms with Gasteiger partial charge in [-0.2, -0.15) is 5.10 Å². The SMILES string of the molecule is Cn1cc(Nc2nccc(-c3ccc4c(c3)CCCC[C@H]4NC(=O)c3nnc(C(C)(C)C)n3C)n2)cn1. The van der Waals surface area contributed by atoms with E-state index in [1.54, 1.807) is 21.6 Å². The predicted molar refractivity (Wildman–Crippen MR) is 141 cm³/mol. The summed E-state index contributed by atoms with van der Waals surface area (Å²) < 4.78 is 3.52. The number of hydrogen-bond donors (Lipinski definition) is 2. The van der Waals surface area contributed by atoms with Crippen LogP contribution in [0.25, 0.3) is 11.3 Å². The number of fused-ring (bicyclic) bond motifs is 1. The van der Waals surface area contributed by atoms with Crippen LogP contribution >= 0.6 is 0 Å². The Morgan fingerprint density at radius 2 is 1.95 bits per heavy atom. The van der Waals surface area contributed by atoms with Gasteiger partial charge >= 0.3 is 0 Å². The number of nitrogens with one attached hydrogen (secondary N) is 2. The van der Waals surface area contributed by atoms with Gasteiger partial charge in [0.05, 0.1) is 23.6 Å². The van der Waals surface area contributed by atoms with Gasteiger partial charge in [-0.05, 0) is 42.5 Å². The van der Waals surface area contributed by atoms with Gasteiger partial charge in [-0.25, -0.2) is 9.97 Å². The highest BCUT2D eigenvalue weighted by Gasteiger charge is 2.27. The molecule has 3 aromatic heterocycles. The van der Waals surface area contributed by atoms with Crippen LogP contribution in [0.5, 0.6) is 0 Å². The van der Waals surface area contributed by atoms with Crippen LogP contribution in [0.1, 0.15) is 73.6 Å². The fraction of sp³-hybridized carbons (Fsp3) is 0.407. The number of aromatic nitrogens is 7. The highest BCUT2D eigenvalue weighted by molar-refractivity contribution is 5.91. The lowest BCUT2D eigenvalue weighted by Crippen LogP contribution is -2.31. The van der Waals surface area contributed by atoms with E-state index in [1.165, 1.54) is 5.56 Å². The molecule has 1 atom stereocenters. The number of nitrogens with zero attached hydrogens (tertiary/aromatic N) is 7. The van der Waals surface area contributed by atoms with E-state index in [2.05, 4.69) is 69.9 Å². The van der Waals surface area contributed by atoms with Crippen molar-refractivity contribution in [2.45, 2.75) is 57.9 Å². The maximum atomic E-state index is 13.2. The van der Waals surface area contributed by atoms with E-state index in [0.29, 0.717) is 11.8 Å². The summed E-state index contributed by atoms with van der Waals surface area (Å²) in [6.45, 7) is 6.19. The van der Waals surface area contributed by atoms with Gasteiger partial charge < -0.3 is 15.2 Å². The van der Waals surface area contributed by atoms with Gasteiger partial charge in [-0.15, -0.1) is 10.2 Å². The molecule has 1 aromatic carbocycles. The number of anilines is 2. The lowest BCUT2D eigenvalue weighted by molar-refractivity contribution is 0.0920. The summed E-state index contributed by atoms with van der Waals surface area (Å²) in [5.74, 6) is 1.44. The maximum absolute atomic E-state index is 13.2. The first-order valence-electron chi connectivity index (χ1n) is 12.6. The van der Waals surface area contributed by atoms with Crippen molar-refractivity contribution in [1.82, 2.24) is 39.8 Å². The second-order valence-electron chi connectivity index (χ2n) is 10.6. The second-order valence-corrected chi connectivity index (χ2v) is 10.6. The first kappa shape index (κ1) is 24.6. The molecule has 0 saturated heterocycles. The van der Waals surface area contributed by atoms with Crippen LogP contribution in [-0.4, -0.2) is 40.4 Å². The van der Waals surface area contributed by atoms with Crippen LogP contribution in [0.2, 0.25) is 0 Å². The third kappa shape index (κ3) is 5.23. The van der Waals surface area contributed by atoms with Crippen LogP contribution in [-0.2, 0) is 25.9 Å². The predicted octanol–water partition coefficient (Wildman–Crippen LogP) is 4.24. The van der Waals surface area contributed by atoms with E-state index < -0.39 is 0 Å². The molecule has 10 nitrogen and oxygen atoms in total. The summed E-state index contributed by atoms with van der Waals surface area (Å²) in [4.78, 5) is 22.3. The van der Waals surface area contributed by atoms with E-state index in [4.69, 9.17) is 4.98 Å². The molecule has 0 fully saturated rings. The molecule has 1 aliphatic rings. The van der Waals surface area contributed by atoms with Gasteiger partial charge in [-0.1, -0.05) is 39.3 Å². The third-order valence-corrected chi connectivity index (χ3v) is 6.67. The topological polar surface area (TPSA) is 115 Å². The molecular formula is C27H33N9O. The summed E-state index contributed by atoms with van der Waals surface area (Å²) in [5.41, 5.74) is 4.87. The number of carbonyl (C=O) groups excluding carboxylic acids is 1. The average Bonchev–Trinajstić information content (AvgIpc) is 3.39. The summed E-state index contributed by atoms with van der Waals surface area (Å²) >= 11 is 0. The number of rotatable bonds is 5. The molecule has 0 spiro atoms. The van der Waals surface area contributed by atoms with Crippen LogP contribution in [0.4, 0.5) is 11.6 Å². The Balaban J connectivity index is 1.38. The van der Waals surface area contributed by atoms with Crippen molar-refractivity contribution in [1.29, 1.82) is 0 Å². The van der Waals surface area contributed by atoms with Crippen LogP contribution in [0, 0.1) is 0 Å². The largest absolute Gasteiger partial charge is 0.343 e. The van der Waals surface area contributed by atoms with Crippen LogP contribution in [0.15, 0.2) is 42.9 Å². The summed E-state index contributed by atoms with van der Waals surface area (Å²) in [6.07, 6.45) is 9.30. The lowest BCUT2D eigenvalue weighted by atomic mass is 9.95. The van der Waals surface area contributed by atoms with E-state index in [1.807, 2.05) is 26.4 Å². The van der Waals surface area contributed by atoms with Crippen molar-refractivity contribution in [3.8, 4) is 11.3 Å². The molecule has 4 aromatic rings. The number of aryl methyl sites for hydroxylation is 2. The van der Waals surface area contributed by atoms with Crippen LogP contribution < -0.4 is 10.6 Å². The van der Waals surface area contributed by atoms with Gasteiger partial charge in [0.1, 0.15) is 5.82 Å². The zero-order valence-electron chi connectivity index (χ0n) is 22.0. The van der Waals surface area contributed by atoms with Gasteiger partial charge in [0.15, 0.2) is 0 Å². The van der Waals surface area contributed by atoms with Crippen molar-refractivity contribution in [2.75, 3.05) is 5.32 Å². The Labute approximate surface area is 216 Å². The first-order valence-corrected chi connectivity index (χ1v) is 12.6. The third-order valence-electron chi connectivity index (χ3n) is 6.67. The molecule has 10 heteroatoms. The minimum absolute atomic E-state index is 0.0814. The van der Waals surface area contributed by atoms with Crippen molar-refractivity contribution in [3.05, 3.63) is 65.6 Å². The zero-order valence-corrected chi connectivity index (χ0v) is 22.0. The normalized spacial score (nSPS) is 15.6. The van der Waals surface area contributed by atoms with Gasteiger partial charge in [0.2, 0.25) is 11.8 Å². The Morgan fingerprint density at radius 1 is 1.11 bits per heavy atom. The highest BCUT2D eigenvalue weighted by Crippen LogP contribution is 2.32. The number of carbonyl (C=O) groups is 1. The van der Waals surface area contributed by atoms with Crippen molar-refractivity contribution >= 4 is 17.5 Å². The standard InChI is InChI=1S/C27H33N9O/c1-27(2,3)25-34-33-23(36(25)5)24(37)31-22-9-7-6-8-17-14-18(10-11-20(17)22)21-12-13-28-26(32-21)30-19-15-29-35(4)16-19/h10-16,22H,6-9H2,1-5H3,(H,31,37)(H,28,30,32)/t22-/m1/s1. The Morgan fingerprint density at radius 3 is 2.68 bits per heavy atom. The van der Waals surface area contributed by atoms with Gasteiger partial charge in [-0.3, -0.25) is 9.48 Å².